The van der Waals surface area contributed by atoms with Crippen molar-refractivity contribution in [2.45, 2.75) is 50.2 Å². The Bertz CT molecular complexity index is 1420. The van der Waals surface area contributed by atoms with Crippen LogP contribution in [0.25, 0.3) is 10.8 Å². The average Bonchev–Trinajstić information content (AvgIpc) is 3.05. The summed E-state index contributed by atoms with van der Waals surface area (Å²) < 4.78 is 57.0. The number of carbonyl (C=O) groups is 2. The van der Waals surface area contributed by atoms with E-state index in [1.54, 1.807) is 56.4 Å². The van der Waals surface area contributed by atoms with E-state index in [9.17, 15) is 22.8 Å². The first-order chi connectivity index (χ1) is 19.6. The molecule has 1 spiro atoms. The maximum absolute atomic E-state index is 14.5. The van der Waals surface area contributed by atoms with Crippen molar-refractivity contribution < 1.29 is 37.0 Å². The van der Waals surface area contributed by atoms with Crippen LogP contribution in [0.2, 0.25) is 0 Å². The van der Waals surface area contributed by atoms with E-state index in [0.29, 0.717) is 48.4 Å². The minimum atomic E-state index is -4.55. The number of anilines is 1. The zero-order chi connectivity index (χ0) is 29.2. The Morgan fingerprint density at radius 2 is 1.80 bits per heavy atom. The highest BCUT2D eigenvalue weighted by Gasteiger charge is 2.52. The van der Waals surface area contributed by atoms with Crippen LogP contribution in [-0.4, -0.2) is 62.5 Å². The van der Waals surface area contributed by atoms with Gasteiger partial charge in [0.2, 0.25) is 5.91 Å². The van der Waals surface area contributed by atoms with Gasteiger partial charge in [0.15, 0.2) is 6.61 Å². The number of para-hydroxylation sites is 2. The van der Waals surface area contributed by atoms with Crippen molar-refractivity contribution in [2.24, 2.45) is 0 Å². The summed E-state index contributed by atoms with van der Waals surface area (Å²) in [5.41, 5.74) is -0.235. The van der Waals surface area contributed by atoms with Gasteiger partial charge in [0.25, 0.3) is 5.91 Å². The van der Waals surface area contributed by atoms with Crippen molar-refractivity contribution >= 4 is 28.3 Å². The van der Waals surface area contributed by atoms with Crippen molar-refractivity contribution in [3.05, 3.63) is 66.2 Å². The lowest BCUT2D eigenvalue weighted by Gasteiger charge is -2.41. The number of likely N-dealkylation sites (N-methyl/N-ethyl adjacent to an activating group) is 1. The second-order valence-electron chi connectivity index (χ2n) is 10.3. The van der Waals surface area contributed by atoms with E-state index in [0.717, 1.165) is 5.39 Å². The maximum atomic E-state index is 14.5. The molecule has 5 rings (SSSR count). The van der Waals surface area contributed by atoms with E-state index in [4.69, 9.17) is 14.2 Å². The van der Waals surface area contributed by atoms with Crippen LogP contribution in [0.5, 0.6) is 11.5 Å². The molecular weight excluding hydrogens is 539 g/mol. The summed E-state index contributed by atoms with van der Waals surface area (Å²) in [6.07, 6.45) is -3.83. The molecule has 218 valence electrons. The van der Waals surface area contributed by atoms with Crippen LogP contribution in [0.1, 0.15) is 25.3 Å². The minimum absolute atomic E-state index is 0.0154. The van der Waals surface area contributed by atoms with E-state index in [2.05, 4.69) is 10.6 Å². The Kier molecular flexibility index (Phi) is 8.10. The molecule has 0 aromatic heterocycles. The van der Waals surface area contributed by atoms with Crippen LogP contribution in [0.3, 0.4) is 0 Å². The first kappa shape index (κ1) is 28.7. The van der Waals surface area contributed by atoms with E-state index in [1.807, 2.05) is 12.1 Å². The van der Waals surface area contributed by atoms with Crippen LogP contribution in [-0.2, 0) is 20.9 Å². The summed E-state index contributed by atoms with van der Waals surface area (Å²) in [5, 5.41) is 7.23. The molecule has 2 heterocycles. The first-order valence-electron chi connectivity index (χ1n) is 13.5. The summed E-state index contributed by atoms with van der Waals surface area (Å²) in [6.45, 7) is 0.759. The fourth-order valence-corrected chi connectivity index (χ4v) is 5.34. The number of fused-ring (bicyclic) bond motifs is 2. The minimum Gasteiger partial charge on any atom is -0.484 e. The van der Waals surface area contributed by atoms with E-state index in [1.165, 1.54) is 11.0 Å². The number of hydrogen-bond donors (Lipinski definition) is 2. The molecule has 2 amide bonds. The lowest BCUT2D eigenvalue weighted by atomic mass is 9.84. The lowest BCUT2D eigenvalue weighted by molar-refractivity contribution is -0.153. The van der Waals surface area contributed by atoms with Crippen molar-refractivity contribution in [3.63, 3.8) is 0 Å². The number of rotatable bonds is 7. The van der Waals surface area contributed by atoms with Gasteiger partial charge in [-0.25, -0.2) is 0 Å². The molecule has 2 aliphatic rings. The highest BCUT2D eigenvalue weighted by atomic mass is 19.4. The second kappa shape index (κ2) is 11.6. The monoisotopic (exact) mass is 571 g/mol. The van der Waals surface area contributed by atoms with Crippen LogP contribution in [0, 0.1) is 0 Å². The normalized spacial score (nSPS) is 19.3. The number of nitrogens with zero attached hydrogens (tertiary/aromatic N) is 1. The van der Waals surface area contributed by atoms with Crippen molar-refractivity contribution in [3.8, 4) is 11.5 Å². The molecule has 11 heteroatoms. The molecule has 8 nitrogen and oxygen atoms in total. The van der Waals surface area contributed by atoms with Gasteiger partial charge in [-0.05, 0) is 42.9 Å². The standard InChI is InChI=1S/C30H32F3N3O5/c1-19(34-2)27(37)35-26-28(38)36(23-9-5-6-10-25(23)41-29(26)13-15-39-16-14-29)17-22-21-8-4-3-7-20(21)11-12-24(22)40-18-30(31,32)33/h3-12,19,26,34H,13-18H2,1-2H3,(H,35,37). The van der Waals surface area contributed by atoms with E-state index in [-0.39, 0.29) is 18.2 Å². The molecule has 0 saturated carbocycles. The molecule has 1 fully saturated rings. The Labute approximate surface area is 235 Å². The third-order valence-electron chi connectivity index (χ3n) is 7.67. The molecule has 0 radical (unpaired) electrons. The number of alkyl halides is 3. The van der Waals surface area contributed by atoms with Crippen LogP contribution < -0.4 is 25.0 Å². The number of halogens is 3. The molecule has 41 heavy (non-hydrogen) atoms. The van der Waals surface area contributed by atoms with Crippen LogP contribution in [0.15, 0.2) is 60.7 Å². The molecule has 0 bridgehead atoms. The smallest absolute Gasteiger partial charge is 0.422 e. The Balaban J connectivity index is 1.63. The molecule has 2 aliphatic heterocycles. The van der Waals surface area contributed by atoms with Gasteiger partial charge in [-0.15, -0.1) is 0 Å². The van der Waals surface area contributed by atoms with E-state index >= 15 is 0 Å². The third-order valence-corrected chi connectivity index (χ3v) is 7.67. The number of amides is 2. The Morgan fingerprint density at radius 3 is 2.54 bits per heavy atom. The predicted octanol–water partition coefficient (Wildman–Crippen LogP) is 4.35. The van der Waals surface area contributed by atoms with Gasteiger partial charge in [-0.3, -0.25) is 9.59 Å². The SMILES string of the molecule is CNC(C)C(=O)NC1C(=O)N(Cc2c(OCC(F)(F)F)ccc3ccccc23)c2ccccc2OC12CCOCC2. The number of ether oxygens (including phenoxy) is 3. The molecular formula is C30H32F3N3O5. The quantitative estimate of drug-likeness (QED) is 0.439. The zero-order valence-corrected chi connectivity index (χ0v) is 22.8. The molecule has 1 saturated heterocycles. The number of hydrogen-bond acceptors (Lipinski definition) is 6. The average molecular weight is 572 g/mol. The summed E-state index contributed by atoms with van der Waals surface area (Å²) in [7, 11) is 1.64. The van der Waals surface area contributed by atoms with Gasteiger partial charge < -0.3 is 29.7 Å². The fourth-order valence-electron chi connectivity index (χ4n) is 5.34. The van der Waals surface area contributed by atoms with Crippen molar-refractivity contribution in [1.82, 2.24) is 10.6 Å². The number of nitrogens with one attached hydrogen (secondary N) is 2. The van der Waals surface area contributed by atoms with Gasteiger partial charge in [-0.2, -0.15) is 13.2 Å². The predicted molar refractivity (Wildman–Crippen MR) is 147 cm³/mol. The molecule has 2 atom stereocenters. The topological polar surface area (TPSA) is 89.1 Å². The second-order valence-corrected chi connectivity index (χ2v) is 10.3. The van der Waals surface area contributed by atoms with Gasteiger partial charge in [0, 0.05) is 18.4 Å². The van der Waals surface area contributed by atoms with Crippen molar-refractivity contribution in [2.75, 3.05) is 31.8 Å². The third kappa shape index (κ3) is 5.96. The number of carbonyl (C=O) groups excluding carboxylic acids is 2. The Morgan fingerprint density at radius 1 is 1.10 bits per heavy atom. The highest BCUT2D eigenvalue weighted by molar-refractivity contribution is 6.03. The van der Waals surface area contributed by atoms with Gasteiger partial charge in [0.1, 0.15) is 23.1 Å². The fraction of sp³-hybridized carbons (Fsp3) is 0.400. The summed E-state index contributed by atoms with van der Waals surface area (Å²) in [5.74, 6) is -0.380. The molecule has 3 aromatic carbocycles. The number of benzene rings is 3. The first-order valence-corrected chi connectivity index (χ1v) is 13.5. The highest BCUT2D eigenvalue weighted by Crippen LogP contribution is 2.42. The molecule has 0 aliphatic carbocycles. The lowest BCUT2D eigenvalue weighted by Crippen LogP contribution is -2.65. The van der Waals surface area contributed by atoms with Gasteiger partial charge in [-0.1, -0.05) is 42.5 Å². The van der Waals surface area contributed by atoms with E-state index < -0.39 is 36.4 Å². The molecule has 3 aromatic rings. The molecule has 2 N–H and O–H groups in total. The van der Waals surface area contributed by atoms with Crippen LogP contribution >= 0.6 is 0 Å². The van der Waals surface area contributed by atoms with Crippen LogP contribution in [0.4, 0.5) is 18.9 Å². The summed E-state index contributed by atoms with van der Waals surface area (Å²) >= 11 is 0. The Hall–Kier alpha value is -3.83. The molecule has 2 unspecified atom stereocenters. The zero-order valence-electron chi connectivity index (χ0n) is 22.8. The van der Waals surface area contributed by atoms with Crippen molar-refractivity contribution in [1.29, 1.82) is 0 Å². The van der Waals surface area contributed by atoms with Gasteiger partial charge >= 0.3 is 6.18 Å². The van der Waals surface area contributed by atoms with Gasteiger partial charge in [0.05, 0.1) is 31.5 Å². The summed E-state index contributed by atoms with van der Waals surface area (Å²) in [4.78, 5) is 29.1. The summed E-state index contributed by atoms with van der Waals surface area (Å²) in [6, 6.07) is 15.7. The maximum Gasteiger partial charge on any atom is 0.422 e. The largest absolute Gasteiger partial charge is 0.484 e.